The van der Waals surface area contributed by atoms with Crippen molar-refractivity contribution in [1.82, 2.24) is 4.37 Å². The van der Waals surface area contributed by atoms with Crippen LogP contribution >= 0.6 is 11.5 Å². The van der Waals surface area contributed by atoms with Crippen LogP contribution in [0.25, 0.3) is 0 Å². The Bertz CT molecular complexity index is 483. The van der Waals surface area contributed by atoms with Crippen LogP contribution in [-0.4, -0.2) is 36.9 Å². The van der Waals surface area contributed by atoms with E-state index in [-0.39, 0.29) is 17.6 Å². The van der Waals surface area contributed by atoms with Crippen molar-refractivity contribution < 1.29 is 13.2 Å². The average molecular weight is 293 g/mol. The molecule has 1 aromatic rings. The summed E-state index contributed by atoms with van der Waals surface area (Å²) in [6, 6.07) is 0. The van der Waals surface area contributed by atoms with Crippen molar-refractivity contribution in [1.29, 1.82) is 0 Å². The van der Waals surface area contributed by atoms with Crippen molar-refractivity contribution >= 4 is 32.2 Å². The molecular formula is C10H19N3O3S2. The highest BCUT2D eigenvalue weighted by atomic mass is 32.2. The summed E-state index contributed by atoms with van der Waals surface area (Å²) in [5, 5.41) is 3.68. The van der Waals surface area contributed by atoms with E-state index in [1.807, 2.05) is 13.8 Å². The summed E-state index contributed by atoms with van der Waals surface area (Å²) < 4.78 is 32.2. The highest BCUT2D eigenvalue weighted by molar-refractivity contribution is 7.91. The fourth-order valence-electron chi connectivity index (χ4n) is 1.22. The Morgan fingerprint density at radius 3 is 2.72 bits per heavy atom. The smallest absolute Gasteiger partial charge is 0.197 e. The van der Waals surface area contributed by atoms with Crippen LogP contribution < -0.4 is 15.8 Å². The van der Waals surface area contributed by atoms with E-state index in [1.54, 1.807) is 6.92 Å². The predicted molar refractivity (Wildman–Crippen MR) is 75.1 cm³/mol. The monoisotopic (exact) mass is 293 g/mol. The Hall–Kier alpha value is -1.02. The first-order valence-electron chi connectivity index (χ1n) is 5.71. The van der Waals surface area contributed by atoms with Crippen molar-refractivity contribution in [3.63, 3.8) is 0 Å². The lowest BCUT2D eigenvalue weighted by Crippen LogP contribution is -2.17. The molecule has 0 aliphatic rings. The molecule has 1 heterocycles. The van der Waals surface area contributed by atoms with Gasteiger partial charge in [0.25, 0.3) is 0 Å². The highest BCUT2D eigenvalue weighted by Crippen LogP contribution is 2.35. The van der Waals surface area contributed by atoms with Crippen LogP contribution in [0.2, 0.25) is 0 Å². The van der Waals surface area contributed by atoms with Crippen molar-refractivity contribution in [3.8, 4) is 5.75 Å². The number of nitrogens with two attached hydrogens (primary N) is 1. The van der Waals surface area contributed by atoms with Crippen LogP contribution in [-0.2, 0) is 9.84 Å². The third-order valence-electron chi connectivity index (χ3n) is 2.17. The molecule has 104 valence electrons. The zero-order valence-electron chi connectivity index (χ0n) is 10.8. The minimum absolute atomic E-state index is 0.0105. The molecule has 1 rings (SSSR count). The highest BCUT2D eigenvalue weighted by Gasteiger charge is 2.15. The summed E-state index contributed by atoms with van der Waals surface area (Å²) in [7, 11) is -2.97. The largest absolute Gasteiger partial charge is 0.484 e. The number of nitrogens with zero attached hydrogens (tertiary/aromatic N) is 1. The van der Waals surface area contributed by atoms with Gasteiger partial charge in [-0.1, -0.05) is 6.92 Å². The number of aromatic nitrogens is 1. The van der Waals surface area contributed by atoms with Gasteiger partial charge in [-0.25, -0.2) is 8.42 Å². The number of nitrogen functional groups attached to an aromatic ring is 1. The zero-order valence-corrected chi connectivity index (χ0v) is 12.4. The maximum absolute atomic E-state index is 11.3. The minimum atomic E-state index is -2.97. The second-order valence-electron chi connectivity index (χ2n) is 4.06. The molecule has 0 unspecified atom stereocenters. The van der Waals surface area contributed by atoms with E-state index in [0.717, 1.165) is 0 Å². The molecule has 6 nitrogen and oxygen atoms in total. The lowest BCUT2D eigenvalue weighted by molar-refractivity contribution is 0.245. The van der Waals surface area contributed by atoms with Gasteiger partial charge in [-0.2, -0.15) is 4.37 Å². The van der Waals surface area contributed by atoms with Gasteiger partial charge in [0.05, 0.1) is 11.9 Å². The molecule has 0 saturated carbocycles. The molecule has 0 aliphatic heterocycles. The van der Waals surface area contributed by atoms with Crippen molar-refractivity contribution in [2.24, 2.45) is 0 Å². The number of ether oxygens (including phenoxy) is 1. The summed E-state index contributed by atoms with van der Waals surface area (Å²) in [5.41, 5.74) is 5.69. The molecule has 0 atom stereocenters. The fourth-order valence-corrected chi connectivity index (χ4v) is 2.60. The van der Waals surface area contributed by atoms with E-state index in [4.69, 9.17) is 10.5 Å². The number of anilines is 2. The predicted octanol–water partition coefficient (Wildman–Crippen LogP) is 1.36. The van der Waals surface area contributed by atoms with Gasteiger partial charge in [0.15, 0.2) is 26.4 Å². The van der Waals surface area contributed by atoms with E-state index in [1.165, 1.54) is 11.5 Å². The number of hydrogen-bond acceptors (Lipinski definition) is 7. The molecule has 8 heteroatoms. The summed E-state index contributed by atoms with van der Waals surface area (Å²) in [6.07, 6.45) is -0.0105. The maximum Gasteiger partial charge on any atom is 0.197 e. The molecule has 0 aliphatic carbocycles. The van der Waals surface area contributed by atoms with Crippen molar-refractivity contribution in [2.45, 2.75) is 26.9 Å². The molecule has 0 aromatic carbocycles. The van der Waals surface area contributed by atoms with Gasteiger partial charge >= 0.3 is 0 Å². The second-order valence-corrected chi connectivity index (χ2v) is 7.30. The Morgan fingerprint density at radius 1 is 1.50 bits per heavy atom. The lowest BCUT2D eigenvalue weighted by Gasteiger charge is -2.11. The third kappa shape index (κ3) is 4.34. The first kappa shape index (κ1) is 15.0. The van der Waals surface area contributed by atoms with Gasteiger partial charge in [-0.05, 0) is 25.4 Å². The topological polar surface area (TPSA) is 94.3 Å². The SMILES string of the molecule is CCS(=O)(=O)CCNc1snc(N)c1OC(C)C. The second kappa shape index (κ2) is 6.24. The Labute approximate surface area is 112 Å². The molecule has 0 spiro atoms. The zero-order chi connectivity index (χ0) is 13.8. The molecule has 0 bridgehead atoms. The van der Waals surface area contributed by atoms with Crippen LogP contribution in [0.5, 0.6) is 5.75 Å². The fraction of sp³-hybridized carbons (Fsp3) is 0.700. The number of hydrogen-bond donors (Lipinski definition) is 2. The molecule has 0 amide bonds. The normalized spacial score (nSPS) is 11.8. The van der Waals surface area contributed by atoms with E-state index in [2.05, 4.69) is 9.69 Å². The Balaban J connectivity index is 2.63. The summed E-state index contributed by atoms with van der Waals surface area (Å²) >= 11 is 1.17. The summed E-state index contributed by atoms with van der Waals surface area (Å²) in [6.45, 7) is 5.74. The van der Waals surface area contributed by atoms with Crippen LogP contribution in [0.4, 0.5) is 10.8 Å². The van der Waals surface area contributed by atoms with Gasteiger partial charge in [0, 0.05) is 12.3 Å². The van der Waals surface area contributed by atoms with Gasteiger partial charge in [0.1, 0.15) is 0 Å². The van der Waals surface area contributed by atoms with Crippen LogP contribution in [0.1, 0.15) is 20.8 Å². The molecule has 3 N–H and O–H groups in total. The van der Waals surface area contributed by atoms with Gasteiger partial charge in [0.2, 0.25) is 0 Å². The Morgan fingerprint density at radius 2 is 2.17 bits per heavy atom. The Kier molecular flexibility index (Phi) is 5.21. The number of sulfone groups is 1. The van der Waals surface area contributed by atoms with Gasteiger partial charge in [-0.15, -0.1) is 0 Å². The molecule has 18 heavy (non-hydrogen) atoms. The molecule has 1 aromatic heterocycles. The van der Waals surface area contributed by atoms with E-state index >= 15 is 0 Å². The van der Waals surface area contributed by atoms with Crippen LogP contribution in [0, 0.1) is 0 Å². The number of rotatable bonds is 7. The van der Waals surface area contributed by atoms with Gasteiger partial charge in [-0.3, -0.25) is 0 Å². The average Bonchev–Trinajstić information content (AvgIpc) is 2.61. The van der Waals surface area contributed by atoms with Crippen LogP contribution in [0.3, 0.4) is 0 Å². The molecule has 0 radical (unpaired) electrons. The first-order valence-corrected chi connectivity index (χ1v) is 8.31. The van der Waals surface area contributed by atoms with Crippen LogP contribution in [0.15, 0.2) is 0 Å². The van der Waals surface area contributed by atoms with E-state index in [0.29, 0.717) is 23.1 Å². The first-order chi connectivity index (χ1) is 8.35. The third-order valence-corrected chi connectivity index (χ3v) is 4.67. The molecule has 0 saturated heterocycles. The van der Waals surface area contributed by atoms with E-state index < -0.39 is 9.84 Å². The summed E-state index contributed by atoms with van der Waals surface area (Å²) in [4.78, 5) is 0. The van der Waals surface area contributed by atoms with Gasteiger partial charge < -0.3 is 15.8 Å². The minimum Gasteiger partial charge on any atom is -0.484 e. The summed E-state index contributed by atoms with van der Waals surface area (Å²) in [5.74, 6) is 1.07. The number of nitrogens with one attached hydrogen (secondary N) is 1. The standard InChI is InChI=1S/C10H19N3O3S2/c1-4-18(14,15)6-5-12-10-8(16-7(2)3)9(11)13-17-10/h7,12H,4-6H2,1-3H3,(H2,11,13). The van der Waals surface area contributed by atoms with E-state index in [9.17, 15) is 8.42 Å². The lowest BCUT2D eigenvalue weighted by atomic mass is 10.4. The molecule has 0 fully saturated rings. The molecular weight excluding hydrogens is 274 g/mol. The maximum atomic E-state index is 11.3. The van der Waals surface area contributed by atoms with Crippen molar-refractivity contribution in [2.75, 3.05) is 29.1 Å². The van der Waals surface area contributed by atoms with Crippen molar-refractivity contribution in [3.05, 3.63) is 0 Å². The quantitative estimate of drug-likeness (QED) is 0.788.